The minimum absolute atomic E-state index is 0.251. The second kappa shape index (κ2) is 11.0. The molecule has 3 fully saturated rings. The van der Waals surface area contributed by atoms with E-state index in [0.29, 0.717) is 37.7 Å². The predicted molar refractivity (Wildman–Crippen MR) is 143 cm³/mol. The lowest BCUT2D eigenvalue weighted by atomic mass is 9.89. The van der Waals surface area contributed by atoms with Gasteiger partial charge in [0, 0.05) is 76.1 Å². The van der Waals surface area contributed by atoms with Crippen molar-refractivity contribution in [1.82, 2.24) is 24.9 Å². The van der Waals surface area contributed by atoms with E-state index in [0.717, 1.165) is 51.7 Å². The number of ether oxygens (including phenoxy) is 2. The summed E-state index contributed by atoms with van der Waals surface area (Å²) in [7, 11) is 2.11. The van der Waals surface area contributed by atoms with Gasteiger partial charge in [0.1, 0.15) is 17.7 Å². The van der Waals surface area contributed by atoms with Gasteiger partial charge < -0.3 is 18.9 Å². The number of nitrogens with one attached hydrogen (secondary N) is 1. The Morgan fingerprint density at radius 2 is 2.05 bits per heavy atom. The Labute approximate surface area is 222 Å². The van der Waals surface area contributed by atoms with Crippen LogP contribution in [0.4, 0.5) is 5.82 Å². The first-order chi connectivity index (χ1) is 18.6. The zero-order valence-electron chi connectivity index (χ0n) is 22.0. The molecular weight excluding hydrogens is 484 g/mol. The van der Waals surface area contributed by atoms with Crippen molar-refractivity contribution < 1.29 is 19.1 Å². The van der Waals surface area contributed by atoms with Crippen LogP contribution < -0.4 is 10.4 Å². The van der Waals surface area contributed by atoms with Gasteiger partial charge in [0.15, 0.2) is 6.29 Å². The number of amides is 1. The van der Waals surface area contributed by atoms with E-state index in [1.54, 1.807) is 6.20 Å². The van der Waals surface area contributed by atoms with Crippen molar-refractivity contribution in [2.24, 2.45) is 7.05 Å². The Morgan fingerprint density at radius 1 is 1.18 bits per heavy atom. The monoisotopic (exact) mass is 520 g/mol. The molecule has 1 amide bonds. The fourth-order valence-corrected chi connectivity index (χ4v) is 5.95. The number of fused-ring (bicyclic) bond motifs is 1. The molecule has 5 heterocycles. The average Bonchev–Trinajstić information content (AvgIpc) is 3.28. The summed E-state index contributed by atoms with van der Waals surface area (Å²) in [6.45, 7) is 5.47. The third kappa shape index (κ3) is 5.26. The molecule has 1 unspecified atom stereocenters. The number of anilines is 1. The summed E-state index contributed by atoms with van der Waals surface area (Å²) >= 11 is 0. The largest absolute Gasteiger partial charge is 0.371 e. The van der Waals surface area contributed by atoms with Crippen LogP contribution in [0, 0.1) is 0 Å². The number of benzene rings is 1. The van der Waals surface area contributed by atoms with Crippen molar-refractivity contribution in [3.63, 3.8) is 0 Å². The van der Waals surface area contributed by atoms with Gasteiger partial charge in [-0.05, 0) is 37.3 Å². The number of piperidine rings is 1. The number of rotatable bonds is 6. The molecule has 38 heavy (non-hydrogen) atoms. The number of carbonyl (C=O) groups is 1. The van der Waals surface area contributed by atoms with Crippen LogP contribution in [0.5, 0.6) is 0 Å². The Bertz CT molecular complexity index is 1270. The Kier molecular flexibility index (Phi) is 7.29. The molecule has 0 saturated carbocycles. The van der Waals surface area contributed by atoms with E-state index < -0.39 is 6.29 Å². The van der Waals surface area contributed by atoms with Crippen LogP contribution in [0.1, 0.15) is 48.0 Å². The normalized spacial score (nSPS) is 22.1. The molecule has 1 N–H and O–H groups in total. The molecule has 1 atom stereocenters. The van der Waals surface area contributed by atoms with E-state index >= 15 is 0 Å². The maximum atomic E-state index is 13.0. The van der Waals surface area contributed by atoms with Gasteiger partial charge in [-0.3, -0.25) is 9.69 Å². The molecule has 3 saturated heterocycles. The summed E-state index contributed by atoms with van der Waals surface area (Å²) in [4.78, 5) is 31.8. The molecule has 1 spiro atoms. The molecule has 3 aliphatic rings. The zero-order valence-corrected chi connectivity index (χ0v) is 22.0. The molecule has 0 bridgehead atoms. The van der Waals surface area contributed by atoms with Crippen LogP contribution in [0.25, 0.3) is 10.9 Å². The smallest absolute Gasteiger partial charge is 0.280 e. The highest BCUT2D eigenvalue weighted by Gasteiger charge is 2.41. The maximum Gasteiger partial charge on any atom is 0.280 e. The number of carbonyl (C=O) groups excluding carboxylic acids is 1. The van der Waals surface area contributed by atoms with Crippen LogP contribution in [-0.2, 0) is 27.9 Å². The van der Waals surface area contributed by atoms with E-state index in [1.807, 2.05) is 0 Å². The lowest BCUT2D eigenvalue weighted by Gasteiger charge is -2.47. The van der Waals surface area contributed by atoms with Crippen molar-refractivity contribution in [3.8, 4) is 0 Å². The Hall–Kier alpha value is -3.05. The Morgan fingerprint density at radius 3 is 2.89 bits per heavy atom. The van der Waals surface area contributed by atoms with Crippen LogP contribution in [-0.4, -0.2) is 76.6 Å². The summed E-state index contributed by atoms with van der Waals surface area (Å²) < 4.78 is 14.2. The fourth-order valence-electron chi connectivity index (χ4n) is 5.95. The molecule has 3 aromatic rings. The van der Waals surface area contributed by atoms with Gasteiger partial charge in [0.25, 0.3) is 5.91 Å². The molecule has 6 rings (SSSR count). The van der Waals surface area contributed by atoms with Crippen LogP contribution in [0.15, 0.2) is 43.0 Å². The first-order valence-corrected chi connectivity index (χ1v) is 13.6. The van der Waals surface area contributed by atoms with Gasteiger partial charge in [-0.1, -0.05) is 18.2 Å². The number of aromatic nitrogens is 3. The molecule has 0 radical (unpaired) electrons. The molecule has 2 aromatic heterocycles. The van der Waals surface area contributed by atoms with Crippen molar-refractivity contribution in [1.29, 1.82) is 0 Å². The number of para-hydroxylation sites is 1. The maximum absolute atomic E-state index is 13.0. The van der Waals surface area contributed by atoms with Crippen LogP contribution >= 0.6 is 0 Å². The predicted octanol–water partition coefficient (Wildman–Crippen LogP) is 3.03. The van der Waals surface area contributed by atoms with Crippen molar-refractivity contribution in [2.45, 2.75) is 50.5 Å². The number of nitrogens with zero attached hydrogens (tertiary/aromatic N) is 5. The molecule has 10 heteroatoms. The summed E-state index contributed by atoms with van der Waals surface area (Å²) in [6.07, 6.45) is 9.56. The minimum Gasteiger partial charge on any atom is -0.371 e. The molecule has 0 aliphatic carbocycles. The highest BCUT2D eigenvalue weighted by Crippen LogP contribution is 2.34. The summed E-state index contributed by atoms with van der Waals surface area (Å²) in [5, 5.41) is 1.32. The topological polar surface area (TPSA) is 94.0 Å². The van der Waals surface area contributed by atoms with E-state index in [2.05, 4.69) is 67.3 Å². The summed E-state index contributed by atoms with van der Waals surface area (Å²) in [5.41, 5.74) is 5.33. The van der Waals surface area contributed by atoms with Crippen molar-refractivity contribution in [3.05, 3.63) is 54.1 Å². The van der Waals surface area contributed by atoms with Crippen LogP contribution in [0.2, 0.25) is 0 Å². The van der Waals surface area contributed by atoms with E-state index in [-0.39, 0.29) is 11.5 Å². The van der Waals surface area contributed by atoms with E-state index in [1.165, 1.54) is 22.8 Å². The minimum atomic E-state index is -0.411. The van der Waals surface area contributed by atoms with Gasteiger partial charge in [0.2, 0.25) is 0 Å². The SMILES string of the molecule is Cn1cc(CN2CCC3(CC2)CN(c2ncncc2C(=O)NOC2CCCCO2)CCO3)c2ccccc21. The first kappa shape index (κ1) is 25.2. The van der Waals surface area contributed by atoms with Gasteiger partial charge in [0.05, 0.1) is 12.2 Å². The van der Waals surface area contributed by atoms with Crippen LogP contribution in [0.3, 0.4) is 0 Å². The lowest BCUT2D eigenvalue weighted by molar-refractivity contribution is -0.186. The number of hydrogen-bond acceptors (Lipinski definition) is 8. The molecule has 1 aromatic carbocycles. The highest BCUT2D eigenvalue weighted by molar-refractivity contribution is 5.98. The third-order valence-electron chi connectivity index (χ3n) is 8.05. The van der Waals surface area contributed by atoms with Crippen molar-refractivity contribution in [2.75, 3.05) is 44.3 Å². The number of hydrogen-bond donors (Lipinski definition) is 1. The lowest BCUT2D eigenvalue weighted by Crippen LogP contribution is -2.57. The summed E-state index contributed by atoms with van der Waals surface area (Å²) in [6, 6.07) is 8.58. The number of aryl methyl sites for hydroxylation is 1. The van der Waals surface area contributed by atoms with E-state index in [4.69, 9.17) is 14.3 Å². The zero-order chi connectivity index (χ0) is 26.0. The second-order valence-electron chi connectivity index (χ2n) is 10.6. The highest BCUT2D eigenvalue weighted by atomic mass is 16.8. The second-order valence-corrected chi connectivity index (χ2v) is 10.6. The molecule has 202 valence electrons. The standard InChI is InChI=1S/C28H36N6O4/c1-32-17-21(22-6-2-3-7-24(22)32)18-33-11-9-28(10-12-33)19-34(13-15-37-28)26-23(16-29-20-30-26)27(35)31-38-25-8-4-5-14-36-25/h2-3,6-7,16-17,20,25H,4-5,8-15,18-19H2,1H3,(H,31,35). The van der Waals surface area contributed by atoms with E-state index in [9.17, 15) is 4.79 Å². The summed E-state index contributed by atoms with van der Waals surface area (Å²) in [5.74, 6) is 0.256. The first-order valence-electron chi connectivity index (χ1n) is 13.6. The molecular formula is C28H36N6O4. The van der Waals surface area contributed by atoms with Gasteiger partial charge in [-0.15, -0.1) is 0 Å². The van der Waals surface area contributed by atoms with Gasteiger partial charge in [-0.2, -0.15) is 0 Å². The van der Waals surface area contributed by atoms with Crippen molar-refractivity contribution >= 4 is 22.6 Å². The van der Waals surface area contributed by atoms with Gasteiger partial charge in [-0.25, -0.2) is 20.3 Å². The quantitative estimate of drug-likeness (QED) is 0.496. The molecule has 3 aliphatic heterocycles. The molecule has 10 nitrogen and oxygen atoms in total. The average molecular weight is 521 g/mol. The number of hydroxylamine groups is 1. The number of likely N-dealkylation sites (tertiary alicyclic amines) is 1. The third-order valence-corrected chi connectivity index (χ3v) is 8.05. The van der Waals surface area contributed by atoms with Gasteiger partial charge >= 0.3 is 0 Å². The fraction of sp³-hybridized carbons (Fsp3) is 0.536. The Balaban J connectivity index is 1.09. The number of morpholine rings is 1.